The molecule has 0 saturated carbocycles. The van der Waals surface area contributed by atoms with E-state index in [-0.39, 0.29) is 30.4 Å². The van der Waals surface area contributed by atoms with Crippen molar-refractivity contribution in [3.8, 4) is 16.9 Å². The summed E-state index contributed by atoms with van der Waals surface area (Å²) in [5.41, 5.74) is 4.75. The smallest absolute Gasteiger partial charge is 0.244 e. The third-order valence-electron chi connectivity index (χ3n) is 6.82. The van der Waals surface area contributed by atoms with Gasteiger partial charge in [0.1, 0.15) is 12.3 Å². The zero-order valence-electron chi connectivity index (χ0n) is 21.8. The van der Waals surface area contributed by atoms with E-state index >= 15 is 0 Å². The first-order valence-electron chi connectivity index (χ1n) is 12.7. The lowest BCUT2D eigenvalue weighted by molar-refractivity contribution is -0.133. The molecule has 1 aliphatic heterocycles. The number of piperazine rings is 1. The van der Waals surface area contributed by atoms with Crippen LogP contribution in [-0.2, 0) is 21.4 Å². The van der Waals surface area contributed by atoms with E-state index in [9.17, 15) is 13.2 Å². The predicted octanol–water partition coefficient (Wildman–Crippen LogP) is 3.65. The van der Waals surface area contributed by atoms with Gasteiger partial charge in [0.15, 0.2) is 5.65 Å². The summed E-state index contributed by atoms with van der Waals surface area (Å²) in [6, 6.07) is 16.7. The van der Waals surface area contributed by atoms with Crippen LogP contribution < -0.4 is 4.74 Å². The molecule has 1 aliphatic rings. The molecular weight excluding hydrogens is 502 g/mol. The Morgan fingerprint density at radius 3 is 2.29 bits per heavy atom. The van der Waals surface area contributed by atoms with Crippen LogP contribution in [0.25, 0.3) is 22.2 Å². The van der Waals surface area contributed by atoms with E-state index in [1.807, 2.05) is 19.9 Å². The highest BCUT2D eigenvalue weighted by molar-refractivity contribution is 7.89. The van der Waals surface area contributed by atoms with Crippen LogP contribution in [0.15, 0.2) is 65.7 Å². The molecule has 0 unspecified atom stereocenters. The highest BCUT2D eigenvalue weighted by Crippen LogP contribution is 2.30. The molecule has 2 aromatic carbocycles. The molecule has 0 bridgehead atoms. The van der Waals surface area contributed by atoms with Crippen molar-refractivity contribution in [1.29, 1.82) is 0 Å². The summed E-state index contributed by atoms with van der Waals surface area (Å²) in [7, 11) is -3.65. The van der Waals surface area contributed by atoms with Gasteiger partial charge in [-0.3, -0.25) is 4.79 Å². The highest BCUT2D eigenvalue weighted by atomic mass is 32.2. The van der Waals surface area contributed by atoms with Crippen LogP contribution in [-0.4, -0.2) is 71.1 Å². The number of nitrogens with zero attached hydrogens (tertiary/aromatic N) is 5. The van der Waals surface area contributed by atoms with Crippen LogP contribution in [0.3, 0.4) is 0 Å². The second-order valence-electron chi connectivity index (χ2n) is 9.36. The second kappa shape index (κ2) is 10.5. The van der Waals surface area contributed by atoms with E-state index in [0.717, 1.165) is 22.2 Å². The summed E-state index contributed by atoms with van der Waals surface area (Å²) < 4.78 is 34.7. The molecule has 4 aromatic rings. The molecule has 0 radical (unpaired) electrons. The minimum atomic E-state index is -3.65. The van der Waals surface area contributed by atoms with Crippen LogP contribution in [0, 0.1) is 13.8 Å². The lowest BCUT2D eigenvalue weighted by Crippen LogP contribution is -2.51. The molecule has 0 atom stereocenters. The van der Waals surface area contributed by atoms with Gasteiger partial charge in [-0.2, -0.15) is 9.40 Å². The topological polar surface area (TPSA) is 97.6 Å². The third kappa shape index (κ3) is 5.01. The zero-order valence-corrected chi connectivity index (χ0v) is 22.6. The Bertz CT molecular complexity index is 1560. The van der Waals surface area contributed by atoms with Crippen molar-refractivity contribution in [1.82, 2.24) is 24.0 Å². The molecule has 0 aliphatic carbocycles. The van der Waals surface area contributed by atoms with Crippen LogP contribution >= 0.6 is 0 Å². The average molecular weight is 534 g/mol. The maximum atomic E-state index is 13.2. The second-order valence-corrected chi connectivity index (χ2v) is 11.3. The molecule has 9 nitrogen and oxygen atoms in total. The molecule has 1 amide bonds. The molecule has 3 heterocycles. The molecule has 1 saturated heterocycles. The number of hydrogen-bond acceptors (Lipinski definition) is 6. The van der Waals surface area contributed by atoms with Gasteiger partial charge in [0.2, 0.25) is 15.9 Å². The number of carbonyl (C=O) groups excluding carboxylic acids is 1. The number of rotatable bonds is 7. The summed E-state index contributed by atoms with van der Waals surface area (Å²) in [5, 5.41) is 5.56. The summed E-state index contributed by atoms with van der Waals surface area (Å²) in [6.45, 7) is 7.50. The van der Waals surface area contributed by atoms with Gasteiger partial charge >= 0.3 is 0 Å². The van der Waals surface area contributed by atoms with E-state index in [1.165, 1.54) is 9.87 Å². The molecule has 38 heavy (non-hydrogen) atoms. The summed E-state index contributed by atoms with van der Waals surface area (Å²) in [5.74, 6) is 0.513. The fraction of sp³-hybridized carbons (Fsp3) is 0.321. The van der Waals surface area contributed by atoms with Crippen LogP contribution in [0.1, 0.15) is 18.2 Å². The van der Waals surface area contributed by atoms with Crippen molar-refractivity contribution < 1.29 is 17.9 Å². The minimum Gasteiger partial charge on any atom is -0.494 e. The first kappa shape index (κ1) is 25.9. The summed E-state index contributed by atoms with van der Waals surface area (Å²) in [6.07, 6.45) is 1.74. The third-order valence-corrected chi connectivity index (χ3v) is 8.73. The molecule has 2 aromatic heterocycles. The van der Waals surface area contributed by atoms with Crippen molar-refractivity contribution in [2.24, 2.45) is 0 Å². The Morgan fingerprint density at radius 1 is 0.947 bits per heavy atom. The van der Waals surface area contributed by atoms with Gasteiger partial charge in [-0.1, -0.05) is 29.8 Å². The Labute approximate surface area is 222 Å². The number of amides is 1. The first-order valence-corrected chi connectivity index (χ1v) is 14.1. The van der Waals surface area contributed by atoms with Crippen molar-refractivity contribution in [3.63, 3.8) is 0 Å². The Kier molecular flexibility index (Phi) is 7.18. The quantitative estimate of drug-likeness (QED) is 0.360. The summed E-state index contributed by atoms with van der Waals surface area (Å²) in [4.78, 5) is 19.6. The number of carbonyl (C=O) groups is 1. The maximum Gasteiger partial charge on any atom is 0.244 e. The van der Waals surface area contributed by atoms with Crippen molar-refractivity contribution in [2.45, 2.75) is 32.2 Å². The molecule has 0 N–H and O–H groups in total. The van der Waals surface area contributed by atoms with Gasteiger partial charge in [-0.15, -0.1) is 0 Å². The monoisotopic (exact) mass is 533 g/mol. The molecule has 198 valence electrons. The number of fused-ring (bicyclic) bond motifs is 1. The van der Waals surface area contributed by atoms with Crippen LogP contribution in [0.5, 0.6) is 5.75 Å². The maximum absolute atomic E-state index is 13.2. The van der Waals surface area contributed by atoms with Gasteiger partial charge in [-0.05, 0) is 62.2 Å². The molecular formula is C28H31N5O4S. The molecule has 5 rings (SSSR count). The number of hydrogen-bond donors (Lipinski definition) is 0. The standard InChI is InChI=1S/C28H31N5O4S/c1-4-37-23-9-11-24(12-10-23)38(35,36)32-17-15-31(16-18-32)26(34)19-33-28-27(21(3)30-33)25(13-14-29-28)22-7-5-20(2)6-8-22/h5-14H,4,15-19H2,1-3H3. The van der Waals surface area contributed by atoms with E-state index in [1.54, 1.807) is 40.0 Å². The van der Waals surface area contributed by atoms with Gasteiger partial charge < -0.3 is 9.64 Å². The SMILES string of the molecule is CCOc1ccc(S(=O)(=O)N2CCN(C(=O)Cn3nc(C)c4c(-c5ccc(C)cc5)ccnc43)CC2)cc1. The number of pyridine rings is 1. The van der Waals surface area contributed by atoms with Gasteiger partial charge in [0.25, 0.3) is 0 Å². The first-order chi connectivity index (χ1) is 18.3. The fourth-order valence-electron chi connectivity index (χ4n) is 4.80. The molecule has 0 spiro atoms. The normalized spacial score (nSPS) is 14.7. The number of aryl methyl sites for hydroxylation is 2. The van der Waals surface area contributed by atoms with E-state index in [2.05, 4.69) is 41.3 Å². The zero-order chi connectivity index (χ0) is 26.9. The van der Waals surface area contributed by atoms with Gasteiger partial charge in [0, 0.05) is 37.8 Å². The Balaban J connectivity index is 1.28. The summed E-state index contributed by atoms with van der Waals surface area (Å²) >= 11 is 0. The minimum absolute atomic E-state index is 0.0420. The highest BCUT2D eigenvalue weighted by Gasteiger charge is 2.30. The lowest BCUT2D eigenvalue weighted by Gasteiger charge is -2.34. The van der Waals surface area contributed by atoms with Crippen LogP contribution in [0.4, 0.5) is 0 Å². The average Bonchev–Trinajstić information content (AvgIpc) is 3.25. The van der Waals surface area contributed by atoms with E-state index in [4.69, 9.17) is 4.74 Å². The molecule has 10 heteroatoms. The Hall–Kier alpha value is -3.76. The fourth-order valence-corrected chi connectivity index (χ4v) is 6.22. The lowest BCUT2D eigenvalue weighted by atomic mass is 10.0. The Morgan fingerprint density at radius 2 is 1.63 bits per heavy atom. The van der Waals surface area contributed by atoms with E-state index < -0.39 is 10.0 Å². The van der Waals surface area contributed by atoms with Crippen molar-refractivity contribution >= 4 is 27.0 Å². The largest absolute Gasteiger partial charge is 0.494 e. The van der Waals surface area contributed by atoms with Crippen LogP contribution in [0.2, 0.25) is 0 Å². The number of aromatic nitrogens is 3. The number of benzene rings is 2. The van der Waals surface area contributed by atoms with Gasteiger partial charge in [0.05, 0.1) is 17.2 Å². The van der Waals surface area contributed by atoms with Crippen molar-refractivity contribution in [3.05, 3.63) is 72.1 Å². The number of ether oxygens (including phenoxy) is 1. The predicted molar refractivity (Wildman–Crippen MR) is 145 cm³/mol. The van der Waals surface area contributed by atoms with Gasteiger partial charge in [-0.25, -0.2) is 18.1 Å². The van der Waals surface area contributed by atoms with E-state index in [0.29, 0.717) is 31.1 Å². The van der Waals surface area contributed by atoms with Crippen molar-refractivity contribution in [2.75, 3.05) is 32.8 Å². The number of sulfonamides is 1. The molecule has 1 fully saturated rings.